The van der Waals surface area contributed by atoms with E-state index in [0.29, 0.717) is 110 Å². The molecule has 0 unspecified atom stereocenters. The number of nitrogens with one attached hydrogen (secondary N) is 4. The number of hydrogen-bond acceptors (Lipinski definition) is 14. The second-order valence-electron chi connectivity index (χ2n) is 20.2. The van der Waals surface area contributed by atoms with Crippen molar-refractivity contribution in [3.05, 3.63) is 144 Å². The highest BCUT2D eigenvalue weighted by Gasteiger charge is 2.46. The van der Waals surface area contributed by atoms with Crippen LogP contribution in [0.1, 0.15) is 108 Å². The molecular formula is C58H66N14O6. The van der Waals surface area contributed by atoms with E-state index in [2.05, 4.69) is 41.0 Å². The number of carbonyl (C=O) groups excluding carboxylic acids is 4. The van der Waals surface area contributed by atoms with Crippen LogP contribution in [0.3, 0.4) is 0 Å². The highest BCUT2D eigenvalue weighted by atomic mass is 16.5. The Balaban J connectivity index is 0.650. The number of hydrogen-bond donors (Lipinski definition) is 5. The molecule has 3 fully saturated rings. The monoisotopic (exact) mass is 1050 g/mol. The molecule has 3 aliphatic rings. The molecule has 7 heterocycles. The average molecular weight is 1060 g/mol. The number of aromatic nitrogens is 8. The van der Waals surface area contributed by atoms with Crippen LogP contribution < -0.4 is 26.6 Å². The second-order valence-corrected chi connectivity index (χ2v) is 20.2. The van der Waals surface area contributed by atoms with Gasteiger partial charge in [-0.15, -0.1) is 0 Å². The van der Waals surface area contributed by atoms with Gasteiger partial charge in [-0.1, -0.05) is 49.2 Å². The number of likely N-dealkylation sites (tertiary alicyclic amines) is 1. The van der Waals surface area contributed by atoms with E-state index in [1.54, 1.807) is 41.3 Å². The zero-order valence-electron chi connectivity index (χ0n) is 44.0. The summed E-state index contributed by atoms with van der Waals surface area (Å²) >= 11 is 0. The lowest BCUT2D eigenvalue weighted by molar-refractivity contribution is -0.133. The number of nitrogens with two attached hydrogens (primary N) is 1. The normalized spacial score (nSPS) is 17.8. The Labute approximate surface area is 453 Å². The van der Waals surface area contributed by atoms with Crippen LogP contribution in [0, 0.1) is 12.8 Å². The molecular weight excluding hydrogens is 989 g/mol. The van der Waals surface area contributed by atoms with E-state index >= 15 is 0 Å². The minimum atomic E-state index is -0.415. The van der Waals surface area contributed by atoms with Crippen LogP contribution in [-0.2, 0) is 19.1 Å². The van der Waals surface area contributed by atoms with Crippen molar-refractivity contribution >= 4 is 41.0 Å². The maximum absolute atomic E-state index is 14.0. The fourth-order valence-electron chi connectivity index (χ4n) is 10.9. The molecule has 5 aromatic heterocycles. The van der Waals surface area contributed by atoms with E-state index < -0.39 is 12.1 Å². The van der Waals surface area contributed by atoms with Crippen molar-refractivity contribution in [1.82, 2.24) is 55.4 Å². The van der Waals surface area contributed by atoms with Gasteiger partial charge in [0.1, 0.15) is 29.2 Å². The Bertz CT molecular complexity index is 3160. The van der Waals surface area contributed by atoms with Crippen LogP contribution in [0.25, 0.3) is 28.3 Å². The summed E-state index contributed by atoms with van der Waals surface area (Å²) in [4.78, 5) is 76.8. The largest absolute Gasteiger partial charge is 0.399 e. The Morgan fingerprint density at radius 1 is 0.782 bits per heavy atom. The summed E-state index contributed by atoms with van der Waals surface area (Å²) in [5.41, 5.74) is 12.1. The summed E-state index contributed by atoms with van der Waals surface area (Å²) in [5, 5.41) is 21.0. The second kappa shape index (κ2) is 24.8. The molecule has 78 heavy (non-hydrogen) atoms. The smallest absolute Gasteiger partial charge is 0.275 e. The van der Waals surface area contributed by atoms with Gasteiger partial charge in [0, 0.05) is 67.4 Å². The van der Waals surface area contributed by atoms with Crippen molar-refractivity contribution in [3.63, 3.8) is 0 Å². The summed E-state index contributed by atoms with van der Waals surface area (Å²) in [5.74, 6) is 2.10. The summed E-state index contributed by atoms with van der Waals surface area (Å²) in [7, 11) is 0. The van der Waals surface area contributed by atoms with Gasteiger partial charge in [0.2, 0.25) is 11.8 Å². The van der Waals surface area contributed by atoms with E-state index in [9.17, 15) is 19.2 Å². The van der Waals surface area contributed by atoms with Crippen molar-refractivity contribution in [2.75, 3.05) is 62.0 Å². The Morgan fingerprint density at radius 3 is 2.31 bits per heavy atom. The molecule has 20 heteroatoms. The lowest BCUT2D eigenvalue weighted by Gasteiger charge is -2.35. The molecule has 6 N–H and O–H groups in total. The molecule has 404 valence electrons. The Morgan fingerprint density at radius 2 is 1.55 bits per heavy atom. The average Bonchev–Trinajstić information content (AvgIpc) is 4.26. The van der Waals surface area contributed by atoms with Crippen molar-refractivity contribution in [3.8, 4) is 28.3 Å². The van der Waals surface area contributed by atoms with Gasteiger partial charge in [-0.2, -0.15) is 14.9 Å². The zero-order valence-corrected chi connectivity index (χ0v) is 44.0. The third kappa shape index (κ3) is 12.7. The highest BCUT2D eigenvalue weighted by molar-refractivity contribution is 6.03. The van der Waals surface area contributed by atoms with Gasteiger partial charge in [-0.05, 0) is 118 Å². The molecule has 4 atom stereocenters. The molecule has 0 bridgehead atoms. The number of ether oxygens (including phenoxy) is 2. The SMILES string of the molecule is Cc1nc([C@H](C)NC(=O)c2ccc(-c3ccc(N)cc3)cc2)cc(N2[C@H](C(=O)NCCOCCOCCC(=O)N3CCC(c4cc(NC(=O)c5cccc(-c6ccn[nH]6)n5)n(-c5ccccn5)n4)CC3)C[C@@H]3CCCC[C@@H]32)n1. The number of amides is 4. The maximum atomic E-state index is 14.0. The minimum absolute atomic E-state index is 0.0256. The number of pyridine rings is 2. The third-order valence-corrected chi connectivity index (χ3v) is 14.9. The van der Waals surface area contributed by atoms with E-state index in [1.165, 1.54) is 0 Å². The Hall–Kier alpha value is -8.36. The number of piperidine rings is 1. The van der Waals surface area contributed by atoms with E-state index in [-0.39, 0.29) is 54.3 Å². The molecule has 1 aliphatic carbocycles. The van der Waals surface area contributed by atoms with Crippen LogP contribution in [0.15, 0.2) is 116 Å². The first-order valence-corrected chi connectivity index (χ1v) is 27.0. The predicted molar refractivity (Wildman–Crippen MR) is 295 cm³/mol. The number of nitrogens with zero attached hydrogens (tertiary/aromatic N) is 9. The summed E-state index contributed by atoms with van der Waals surface area (Å²) in [6, 6.07) is 30.8. The molecule has 2 aliphatic heterocycles. The lowest BCUT2D eigenvalue weighted by atomic mass is 9.84. The number of anilines is 3. The molecule has 7 aromatic rings. The minimum Gasteiger partial charge on any atom is -0.399 e. The van der Waals surface area contributed by atoms with Crippen LogP contribution >= 0.6 is 0 Å². The first-order chi connectivity index (χ1) is 38.0. The van der Waals surface area contributed by atoms with E-state index in [0.717, 1.165) is 48.9 Å². The predicted octanol–water partition coefficient (Wildman–Crippen LogP) is 7.23. The first-order valence-electron chi connectivity index (χ1n) is 27.0. The van der Waals surface area contributed by atoms with E-state index in [1.807, 2.05) is 97.6 Å². The summed E-state index contributed by atoms with van der Waals surface area (Å²) in [6.07, 6.45) is 9.99. The molecule has 2 aromatic carbocycles. The number of aryl methyl sites for hydroxylation is 1. The van der Waals surface area contributed by atoms with Gasteiger partial charge in [0.05, 0.1) is 61.7 Å². The van der Waals surface area contributed by atoms with Crippen LogP contribution in [0.4, 0.5) is 17.3 Å². The van der Waals surface area contributed by atoms with Crippen molar-refractivity contribution in [2.45, 2.75) is 89.3 Å². The van der Waals surface area contributed by atoms with Crippen LogP contribution in [0.5, 0.6) is 0 Å². The van der Waals surface area contributed by atoms with Crippen LogP contribution in [0.2, 0.25) is 0 Å². The maximum Gasteiger partial charge on any atom is 0.275 e. The van der Waals surface area contributed by atoms with Crippen molar-refractivity contribution in [1.29, 1.82) is 0 Å². The third-order valence-electron chi connectivity index (χ3n) is 14.9. The lowest BCUT2D eigenvalue weighted by Crippen LogP contribution is -2.48. The van der Waals surface area contributed by atoms with Gasteiger partial charge in [-0.25, -0.2) is 19.9 Å². The van der Waals surface area contributed by atoms with Crippen LogP contribution in [-0.4, -0.2) is 127 Å². The van der Waals surface area contributed by atoms with Gasteiger partial charge < -0.3 is 41.0 Å². The molecule has 4 amide bonds. The molecule has 1 saturated carbocycles. The Kier molecular flexibility index (Phi) is 16.8. The van der Waals surface area contributed by atoms with Gasteiger partial charge in [0.15, 0.2) is 5.82 Å². The number of fused-ring (bicyclic) bond motifs is 1. The fraction of sp³-hybridized carbons (Fsp3) is 0.379. The van der Waals surface area contributed by atoms with Crippen molar-refractivity contribution < 1.29 is 28.7 Å². The molecule has 2 saturated heterocycles. The highest BCUT2D eigenvalue weighted by Crippen LogP contribution is 2.42. The number of nitrogen functional groups attached to an aromatic ring is 1. The first kappa shape index (κ1) is 53.1. The van der Waals surface area contributed by atoms with E-state index in [4.69, 9.17) is 30.3 Å². The number of carbonyl (C=O) groups is 4. The molecule has 0 radical (unpaired) electrons. The molecule has 20 nitrogen and oxygen atoms in total. The molecule has 10 rings (SSSR count). The number of rotatable bonds is 20. The quantitative estimate of drug-likeness (QED) is 0.0373. The summed E-state index contributed by atoms with van der Waals surface area (Å²) < 4.78 is 13.3. The fourth-order valence-corrected chi connectivity index (χ4v) is 10.9. The summed E-state index contributed by atoms with van der Waals surface area (Å²) in [6.45, 7) is 6.46. The topological polar surface area (TPSA) is 253 Å². The van der Waals surface area contributed by atoms with Crippen molar-refractivity contribution in [2.24, 2.45) is 5.92 Å². The van der Waals surface area contributed by atoms with Gasteiger partial charge >= 0.3 is 0 Å². The van der Waals surface area contributed by atoms with Gasteiger partial charge in [-0.3, -0.25) is 24.3 Å². The number of H-pyrrole nitrogens is 1. The zero-order chi connectivity index (χ0) is 54.0. The molecule has 0 spiro atoms. The standard InChI is InChI=1S/C58H66N14O6/c1-37(63-56(74)42-15-13-39(14-16-42)40-17-19-44(59)20-18-40)48-35-53(65-38(2)64-48)71-50-11-4-3-8-43(50)34-51(71)58(76)61-27-31-78-33-32-77-30-24-55(73)70-28-22-41(23-29-70)49-36-54(72(69-49)52-12-5-6-25-60-52)67-57(75)47-10-7-9-45(66-47)46-21-26-62-68-46/h5-7,9-10,12-21,25-26,35-37,41,43,50-51H,3-4,8,11,22-24,27-34,59H2,1-2H3,(H,61,76)(H,62,68)(H,63,74)(H,67,75)/t37-,43-,50-,51-/m0/s1. The number of aromatic amines is 1. The van der Waals surface area contributed by atoms with Gasteiger partial charge in [0.25, 0.3) is 11.8 Å². The number of benzene rings is 2.